The Kier molecular flexibility index (Phi) is 4.09. The molecule has 1 atom stereocenters. The fourth-order valence-electron chi connectivity index (χ4n) is 3.11. The smallest absolute Gasteiger partial charge is 0.326 e. The van der Waals surface area contributed by atoms with Crippen molar-refractivity contribution in [2.75, 3.05) is 6.54 Å². The van der Waals surface area contributed by atoms with Crippen LogP contribution in [0.3, 0.4) is 0 Å². The predicted octanol–water partition coefficient (Wildman–Crippen LogP) is 2.85. The van der Waals surface area contributed by atoms with Gasteiger partial charge in [0.05, 0.1) is 0 Å². The summed E-state index contributed by atoms with van der Waals surface area (Å²) < 4.78 is 0. The monoisotopic (exact) mass is 297 g/mol. The molecule has 1 fully saturated rings. The van der Waals surface area contributed by atoms with Crippen molar-refractivity contribution >= 4 is 22.6 Å². The van der Waals surface area contributed by atoms with Crippen LogP contribution >= 0.6 is 0 Å². The molecule has 2 aromatic rings. The van der Waals surface area contributed by atoms with Crippen molar-refractivity contribution in [3.8, 4) is 0 Å². The van der Waals surface area contributed by atoms with Crippen molar-refractivity contribution in [1.82, 2.24) is 4.90 Å². The number of carbonyl (C=O) groups is 2. The number of carbonyl (C=O) groups excluding carboxylic acids is 1. The first-order valence-electron chi connectivity index (χ1n) is 7.65. The largest absolute Gasteiger partial charge is 0.480 e. The van der Waals surface area contributed by atoms with Crippen LogP contribution in [0.5, 0.6) is 0 Å². The van der Waals surface area contributed by atoms with E-state index in [1.54, 1.807) is 0 Å². The third-order valence-corrected chi connectivity index (χ3v) is 4.30. The first-order valence-corrected chi connectivity index (χ1v) is 7.65. The summed E-state index contributed by atoms with van der Waals surface area (Å²) in [5.74, 6) is -0.949. The lowest BCUT2D eigenvalue weighted by Crippen LogP contribution is -2.40. The van der Waals surface area contributed by atoms with E-state index in [0.29, 0.717) is 25.8 Å². The van der Waals surface area contributed by atoms with Gasteiger partial charge in [0.1, 0.15) is 6.04 Å². The van der Waals surface area contributed by atoms with Gasteiger partial charge in [-0.25, -0.2) is 4.79 Å². The van der Waals surface area contributed by atoms with Gasteiger partial charge in [-0.05, 0) is 35.6 Å². The Bertz CT molecular complexity index is 710. The van der Waals surface area contributed by atoms with Crippen molar-refractivity contribution in [2.45, 2.75) is 31.7 Å². The molecule has 3 rings (SSSR count). The summed E-state index contributed by atoms with van der Waals surface area (Å²) in [6.45, 7) is 0.563. The topological polar surface area (TPSA) is 57.6 Å². The third-order valence-electron chi connectivity index (χ3n) is 4.30. The molecule has 0 aromatic heterocycles. The highest BCUT2D eigenvalue weighted by atomic mass is 16.4. The van der Waals surface area contributed by atoms with E-state index in [1.165, 1.54) is 10.3 Å². The van der Waals surface area contributed by atoms with Crippen LogP contribution in [-0.4, -0.2) is 34.5 Å². The molecule has 22 heavy (non-hydrogen) atoms. The second-order valence-corrected chi connectivity index (χ2v) is 5.76. The molecule has 1 saturated heterocycles. The summed E-state index contributed by atoms with van der Waals surface area (Å²) >= 11 is 0. The maximum absolute atomic E-state index is 12.3. The van der Waals surface area contributed by atoms with E-state index < -0.39 is 12.0 Å². The van der Waals surface area contributed by atoms with Crippen molar-refractivity contribution in [2.24, 2.45) is 0 Å². The number of nitrogens with zero attached hydrogens (tertiary/aromatic N) is 1. The maximum atomic E-state index is 12.3. The number of carboxylic acids is 1. The Labute approximate surface area is 129 Å². The summed E-state index contributed by atoms with van der Waals surface area (Å²) in [5.41, 5.74) is 1.11. The van der Waals surface area contributed by atoms with E-state index in [-0.39, 0.29) is 5.91 Å². The average molecular weight is 297 g/mol. The van der Waals surface area contributed by atoms with Crippen molar-refractivity contribution < 1.29 is 14.7 Å². The molecule has 4 nitrogen and oxygen atoms in total. The molecule has 1 heterocycles. The molecule has 114 valence electrons. The number of benzene rings is 2. The van der Waals surface area contributed by atoms with E-state index in [0.717, 1.165) is 17.4 Å². The number of aliphatic carboxylic acids is 1. The fourth-order valence-corrected chi connectivity index (χ4v) is 3.11. The number of hydrogen-bond acceptors (Lipinski definition) is 2. The van der Waals surface area contributed by atoms with Crippen molar-refractivity contribution in [3.05, 3.63) is 48.0 Å². The molecule has 1 amide bonds. The minimum absolute atomic E-state index is 0.0574. The molecule has 0 aliphatic carbocycles. The number of likely N-dealkylation sites (tertiary alicyclic amines) is 1. The Hall–Kier alpha value is -2.36. The molecule has 0 spiro atoms. The first kappa shape index (κ1) is 14.6. The zero-order valence-corrected chi connectivity index (χ0v) is 12.4. The van der Waals surface area contributed by atoms with Gasteiger partial charge in [0.25, 0.3) is 0 Å². The Morgan fingerprint density at radius 3 is 2.68 bits per heavy atom. The van der Waals surface area contributed by atoms with Crippen LogP contribution in [0.1, 0.15) is 24.8 Å². The second kappa shape index (κ2) is 6.18. The van der Waals surface area contributed by atoms with Gasteiger partial charge in [-0.3, -0.25) is 4.79 Å². The van der Waals surface area contributed by atoms with Crippen molar-refractivity contribution in [1.29, 1.82) is 0 Å². The number of aryl methyl sites for hydroxylation is 1. The van der Waals surface area contributed by atoms with Gasteiger partial charge < -0.3 is 10.0 Å². The van der Waals surface area contributed by atoms with Gasteiger partial charge in [-0.2, -0.15) is 0 Å². The van der Waals surface area contributed by atoms with E-state index >= 15 is 0 Å². The predicted molar refractivity (Wildman–Crippen MR) is 84.6 cm³/mol. The summed E-state index contributed by atoms with van der Waals surface area (Å²) in [5, 5.41) is 11.5. The number of rotatable bonds is 4. The maximum Gasteiger partial charge on any atom is 0.326 e. The number of amides is 1. The molecule has 4 heteroatoms. The standard InChI is InChI=1S/C18H19NO3/c20-17(19-11-3-6-16(19)18(21)22)10-8-13-7-9-14-4-1-2-5-15(14)12-13/h1-2,4-5,7,9,12,16H,3,6,8,10-11H2,(H,21,22)/t16-/m0/s1. The Balaban J connectivity index is 1.66. The van der Waals surface area contributed by atoms with E-state index in [9.17, 15) is 9.59 Å². The van der Waals surface area contributed by atoms with Gasteiger partial charge in [-0.1, -0.05) is 42.5 Å². The minimum atomic E-state index is -0.892. The van der Waals surface area contributed by atoms with E-state index in [2.05, 4.69) is 24.3 Å². The van der Waals surface area contributed by atoms with Crippen LogP contribution in [0.15, 0.2) is 42.5 Å². The van der Waals surface area contributed by atoms with Gasteiger partial charge in [0.2, 0.25) is 5.91 Å². The molecule has 2 aromatic carbocycles. The highest BCUT2D eigenvalue weighted by Gasteiger charge is 2.33. The zero-order valence-electron chi connectivity index (χ0n) is 12.4. The van der Waals surface area contributed by atoms with Gasteiger partial charge in [-0.15, -0.1) is 0 Å². The first-order chi connectivity index (χ1) is 10.6. The highest BCUT2D eigenvalue weighted by Crippen LogP contribution is 2.20. The van der Waals surface area contributed by atoms with Gasteiger partial charge in [0, 0.05) is 13.0 Å². The summed E-state index contributed by atoms with van der Waals surface area (Å²) in [6, 6.07) is 13.7. The van der Waals surface area contributed by atoms with Crippen LogP contribution in [0.25, 0.3) is 10.8 Å². The van der Waals surface area contributed by atoms with Crippen LogP contribution in [0.2, 0.25) is 0 Å². The Morgan fingerprint density at radius 1 is 1.14 bits per heavy atom. The van der Waals surface area contributed by atoms with E-state index in [4.69, 9.17) is 5.11 Å². The quantitative estimate of drug-likeness (QED) is 0.944. The lowest BCUT2D eigenvalue weighted by atomic mass is 10.0. The lowest BCUT2D eigenvalue weighted by Gasteiger charge is -2.21. The molecule has 0 radical (unpaired) electrons. The lowest BCUT2D eigenvalue weighted by molar-refractivity contribution is -0.148. The number of carboxylic acid groups (broad SMARTS) is 1. The molecule has 0 saturated carbocycles. The molecule has 1 aliphatic rings. The fraction of sp³-hybridized carbons (Fsp3) is 0.333. The summed E-state index contributed by atoms with van der Waals surface area (Å²) in [6.07, 6.45) is 2.35. The second-order valence-electron chi connectivity index (χ2n) is 5.76. The van der Waals surface area contributed by atoms with Crippen molar-refractivity contribution in [3.63, 3.8) is 0 Å². The van der Waals surface area contributed by atoms with Crippen LogP contribution in [0, 0.1) is 0 Å². The molecule has 0 bridgehead atoms. The minimum Gasteiger partial charge on any atom is -0.480 e. The van der Waals surface area contributed by atoms with E-state index in [1.807, 2.05) is 18.2 Å². The van der Waals surface area contributed by atoms with Crippen LogP contribution < -0.4 is 0 Å². The summed E-state index contributed by atoms with van der Waals surface area (Å²) in [4.78, 5) is 24.9. The molecule has 1 aliphatic heterocycles. The summed E-state index contributed by atoms with van der Waals surface area (Å²) in [7, 11) is 0. The normalized spacial score (nSPS) is 17.8. The van der Waals surface area contributed by atoms with Gasteiger partial charge in [0.15, 0.2) is 0 Å². The Morgan fingerprint density at radius 2 is 1.91 bits per heavy atom. The average Bonchev–Trinajstić information content (AvgIpc) is 3.02. The highest BCUT2D eigenvalue weighted by molar-refractivity contribution is 5.85. The SMILES string of the molecule is O=C(O)[C@@H]1CCCN1C(=O)CCc1ccc2ccccc2c1. The number of hydrogen-bond donors (Lipinski definition) is 1. The molecular formula is C18H19NO3. The number of fused-ring (bicyclic) bond motifs is 1. The van der Waals surface area contributed by atoms with Crippen LogP contribution in [0.4, 0.5) is 0 Å². The molecular weight excluding hydrogens is 278 g/mol. The zero-order chi connectivity index (χ0) is 15.5. The molecule has 1 N–H and O–H groups in total. The van der Waals surface area contributed by atoms with Gasteiger partial charge >= 0.3 is 5.97 Å². The third kappa shape index (κ3) is 2.96. The molecule has 0 unspecified atom stereocenters. The van der Waals surface area contributed by atoms with Crippen LogP contribution in [-0.2, 0) is 16.0 Å².